The van der Waals surface area contributed by atoms with Gasteiger partial charge in [0.05, 0.1) is 6.04 Å². The Kier molecular flexibility index (Phi) is 4.97. The average Bonchev–Trinajstić information content (AvgIpc) is 2.42. The molecular formula is C16H24N2O. The van der Waals surface area contributed by atoms with Gasteiger partial charge in [-0.15, -0.1) is 0 Å². The average molecular weight is 260 g/mol. The molecule has 1 aromatic rings. The highest BCUT2D eigenvalue weighted by molar-refractivity contribution is 5.82. The van der Waals surface area contributed by atoms with E-state index in [0.29, 0.717) is 0 Å². The van der Waals surface area contributed by atoms with E-state index in [0.717, 1.165) is 38.9 Å². The van der Waals surface area contributed by atoms with Gasteiger partial charge in [0.15, 0.2) is 0 Å². The molecule has 0 aromatic heterocycles. The highest BCUT2D eigenvalue weighted by atomic mass is 16.2. The Balaban J connectivity index is 2.00. The van der Waals surface area contributed by atoms with E-state index in [1.165, 1.54) is 11.1 Å². The zero-order chi connectivity index (χ0) is 13.7. The van der Waals surface area contributed by atoms with Crippen LogP contribution in [0.4, 0.5) is 0 Å². The first-order chi connectivity index (χ1) is 9.22. The molecule has 1 atom stereocenters. The van der Waals surface area contributed by atoms with Crippen LogP contribution in [0.2, 0.25) is 0 Å². The molecule has 1 amide bonds. The van der Waals surface area contributed by atoms with Gasteiger partial charge >= 0.3 is 0 Å². The van der Waals surface area contributed by atoms with Crippen molar-refractivity contribution in [3.63, 3.8) is 0 Å². The van der Waals surface area contributed by atoms with Crippen molar-refractivity contribution in [2.24, 2.45) is 0 Å². The third-order valence-corrected chi connectivity index (χ3v) is 3.79. The van der Waals surface area contributed by atoms with Crippen molar-refractivity contribution < 1.29 is 4.79 Å². The summed E-state index contributed by atoms with van der Waals surface area (Å²) in [7, 11) is 0. The van der Waals surface area contributed by atoms with Crippen molar-refractivity contribution in [1.82, 2.24) is 10.2 Å². The Morgan fingerprint density at radius 1 is 1.37 bits per heavy atom. The number of hydrogen-bond acceptors (Lipinski definition) is 2. The largest absolute Gasteiger partial charge is 0.337 e. The molecule has 1 heterocycles. The lowest BCUT2D eigenvalue weighted by atomic mass is 10.0. The predicted molar refractivity (Wildman–Crippen MR) is 77.9 cm³/mol. The Labute approximate surface area is 116 Å². The first-order valence-electron chi connectivity index (χ1n) is 7.29. The summed E-state index contributed by atoms with van der Waals surface area (Å²) >= 11 is 0. The van der Waals surface area contributed by atoms with Gasteiger partial charge in [-0.1, -0.05) is 31.2 Å². The maximum Gasteiger partial charge on any atom is 0.240 e. The van der Waals surface area contributed by atoms with Gasteiger partial charge < -0.3 is 10.2 Å². The number of amides is 1. The van der Waals surface area contributed by atoms with E-state index in [9.17, 15) is 4.79 Å². The third-order valence-electron chi connectivity index (χ3n) is 3.79. The molecule has 3 heteroatoms. The topological polar surface area (TPSA) is 32.3 Å². The van der Waals surface area contributed by atoms with E-state index in [4.69, 9.17) is 0 Å². The predicted octanol–water partition coefficient (Wildman–Crippen LogP) is 2.49. The standard InChI is InChI=1S/C16H24N2O/c1-3-10-17-15-9-6-11-18(16(15)19)12-14-8-5-4-7-13(14)2/h4-5,7-8,15,17H,3,6,9-12H2,1-2H3. The van der Waals surface area contributed by atoms with Crippen LogP contribution in [0, 0.1) is 6.92 Å². The number of hydrogen-bond donors (Lipinski definition) is 1. The van der Waals surface area contributed by atoms with Gasteiger partial charge in [-0.2, -0.15) is 0 Å². The summed E-state index contributed by atoms with van der Waals surface area (Å²) in [6.07, 6.45) is 3.14. The molecule has 1 aromatic carbocycles. The van der Waals surface area contributed by atoms with Gasteiger partial charge in [-0.05, 0) is 43.9 Å². The van der Waals surface area contributed by atoms with Crippen LogP contribution in [0.15, 0.2) is 24.3 Å². The summed E-state index contributed by atoms with van der Waals surface area (Å²) in [6, 6.07) is 8.34. The number of rotatable bonds is 5. The molecule has 3 nitrogen and oxygen atoms in total. The number of aryl methyl sites for hydroxylation is 1. The summed E-state index contributed by atoms with van der Waals surface area (Å²) in [6.45, 7) is 6.80. The molecule has 0 aliphatic carbocycles. The van der Waals surface area contributed by atoms with Crippen LogP contribution >= 0.6 is 0 Å². The molecule has 0 bridgehead atoms. The van der Waals surface area contributed by atoms with E-state index < -0.39 is 0 Å². The number of piperidine rings is 1. The quantitative estimate of drug-likeness (QED) is 0.882. The van der Waals surface area contributed by atoms with Crippen molar-refractivity contribution in [2.45, 2.75) is 45.7 Å². The van der Waals surface area contributed by atoms with Gasteiger partial charge in [0.25, 0.3) is 0 Å². The fourth-order valence-electron chi connectivity index (χ4n) is 2.60. The van der Waals surface area contributed by atoms with Crippen molar-refractivity contribution in [3.8, 4) is 0 Å². The van der Waals surface area contributed by atoms with Crippen LogP contribution < -0.4 is 5.32 Å². The molecule has 1 unspecified atom stereocenters. The van der Waals surface area contributed by atoms with E-state index in [1.54, 1.807) is 0 Å². The van der Waals surface area contributed by atoms with Crippen LogP contribution in [-0.2, 0) is 11.3 Å². The van der Waals surface area contributed by atoms with Crippen molar-refractivity contribution in [1.29, 1.82) is 0 Å². The second-order valence-electron chi connectivity index (χ2n) is 5.34. The van der Waals surface area contributed by atoms with Gasteiger partial charge in [-0.25, -0.2) is 0 Å². The Morgan fingerprint density at radius 2 is 2.16 bits per heavy atom. The number of benzene rings is 1. The molecule has 2 rings (SSSR count). The van der Waals surface area contributed by atoms with Gasteiger partial charge in [0, 0.05) is 13.1 Å². The Bertz CT molecular complexity index is 431. The zero-order valence-electron chi connectivity index (χ0n) is 12.0. The molecule has 1 fully saturated rings. The summed E-state index contributed by atoms with van der Waals surface area (Å²) in [4.78, 5) is 14.4. The van der Waals surface area contributed by atoms with Crippen LogP contribution in [-0.4, -0.2) is 29.9 Å². The number of likely N-dealkylation sites (tertiary alicyclic amines) is 1. The lowest BCUT2D eigenvalue weighted by Gasteiger charge is -2.33. The van der Waals surface area contributed by atoms with Gasteiger partial charge in [-0.3, -0.25) is 4.79 Å². The normalized spacial score (nSPS) is 19.8. The summed E-state index contributed by atoms with van der Waals surface area (Å²) in [5.41, 5.74) is 2.52. The number of nitrogens with one attached hydrogen (secondary N) is 1. The maximum atomic E-state index is 12.4. The molecule has 104 valence electrons. The monoisotopic (exact) mass is 260 g/mol. The first kappa shape index (κ1) is 14.1. The van der Waals surface area contributed by atoms with E-state index in [2.05, 4.69) is 31.3 Å². The summed E-state index contributed by atoms with van der Waals surface area (Å²) in [5.74, 6) is 0.267. The molecule has 1 aliphatic heterocycles. The minimum absolute atomic E-state index is 0.0257. The maximum absolute atomic E-state index is 12.4. The van der Waals surface area contributed by atoms with Crippen molar-refractivity contribution in [3.05, 3.63) is 35.4 Å². The number of carbonyl (C=O) groups is 1. The summed E-state index contributed by atoms with van der Waals surface area (Å²) in [5, 5.41) is 3.36. The van der Waals surface area contributed by atoms with Gasteiger partial charge in [0.1, 0.15) is 0 Å². The van der Waals surface area contributed by atoms with E-state index >= 15 is 0 Å². The SMILES string of the molecule is CCCNC1CCCN(Cc2ccccc2C)C1=O. The van der Waals surface area contributed by atoms with E-state index in [-0.39, 0.29) is 11.9 Å². The fraction of sp³-hybridized carbons (Fsp3) is 0.562. The molecule has 19 heavy (non-hydrogen) atoms. The number of nitrogens with zero attached hydrogens (tertiary/aromatic N) is 1. The Morgan fingerprint density at radius 3 is 2.89 bits per heavy atom. The highest BCUT2D eigenvalue weighted by Gasteiger charge is 2.28. The molecular weight excluding hydrogens is 236 g/mol. The van der Waals surface area contributed by atoms with Crippen LogP contribution in [0.25, 0.3) is 0 Å². The highest BCUT2D eigenvalue weighted by Crippen LogP contribution is 2.17. The van der Waals surface area contributed by atoms with Crippen molar-refractivity contribution in [2.75, 3.05) is 13.1 Å². The third kappa shape index (κ3) is 3.57. The van der Waals surface area contributed by atoms with Crippen LogP contribution in [0.1, 0.15) is 37.3 Å². The van der Waals surface area contributed by atoms with Crippen LogP contribution in [0.3, 0.4) is 0 Å². The smallest absolute Gasteiger partial charge is 0.240 e. The molecule has 0 radical (unpaired) electrons. The second-order valence-corrected chi connectivity index (χ2v) is 5.34. The minimum atomic E-state index is 0.0257. The lowest BCUT2D eigenvalue weighted by molar-refractivity contribution is -0.136. The lowest BCUT2D eigenvalue weighted by Crippen LogP contribution is -2.50. The fourth-order valence-corrected chi connectivity index (χ4v) is 2.60. The number of carbonyl (C=O) groups excluding carboxylic acids is 1. The van der Waals surface area contributed by atoms with Crippen LogP contribution in [0.5, 0.6) is 0 Å². The Hall–Kier alpha value is -1.35. The van der Waals surface area contributed by atoms with E-state index in [1.807, 2.05) is 17.0 Å². The molecule has 1 aliphatic rings. The first-order valence-corrected chi connectivity index (χ1v) is 7.29. The molecule has 1 saturated heterocycles. The zero-order valence-corrected chi connectivity index (χ0v) is 12.0. The van der Waals surface area contributed by atoms with Crippen molar-refractivity contribution >= 4 is 5.91 Å². The molecule has 0 saturated carbocycles. The van der Waals surface area contributed by atoms with Gasteiger partial charge in [0.2, 0.25) is 5.91 Å². The summed E-state index contributed by atoms with van der Waals surface area (Å²) < 4.78 is 0. The molecule has 0 spiro atoms. The second kappa shape index (κ2) is 6.71. The minimum Gasteiger partial charge on any atom is -0.337 e. The molecule has 1 N–H and O–H groups in total.